The van der Waals surface area contributed by atoms with Gasteiger partial charge in [0.05, 0.1) is 19.1 Å². The minimum atomic E-state index is -1.02. The SMILES string of the molecule is CCOc1ccccc1OCC(=O)N[C@@H](CC(=O)O)c1ccc(Cl)cc1. The summed E-state index contributed by atoms with van der Waals surface area (Å²) in [5.41, 5.74) is 0.653. The fourth-order valence-electron chi connectivity index (χ4n) is 2.35. The predicted molar refractivity (Wildman–Crippen MR) is 97.7 cm³/mol. The number of carbonyl (C=O) groups excluding carboxylic acids is 1. The number of rotatable bonds is 9. The Bertz CT molecular complexity index is 748. The van der Waals surface area contributed by atoms with Crippen molar-refractivity contribution in [3.8, 4) is 11.5 Å². The summed E-state index contributed by atoms with van der Waals surface area (Å²) in [6.07, 6.45) is -0.247. The molecule has 0 aliphatic heterocycles. The molecular weight excluding hydrogens is 358 g/mol. The fraction of sp³-hybridized carbons (Fsp3) is 0.263. The van der Waals surface area contributed by atoms with E-state index >= 15 is 0 Å². The van der Waals surface area contributed by atoms with Crippen molar-refractivity contribution in [1.82, 2.24) is 5.32 Å². The number of halogens is 1. The molecule has 1 amide bonds. The number of hydrogen-bond acceptors (Lipinski definition) is 4. The molecule has 6 nitrogen and oxygen atoms in total. The summed E-state index contributed by atoms with van der Waals surface area (Å²) >= 11 is 5.85. The third-order valence-electron chi connectivity index (χ3n) is 3.49. The Labute approximate surface area is 156 Å². The van der Waals surface area contributed by atoms with Crippen molar-refractivity contribution in [2.24, 2.45) is 0 Å². The Morgan fingerprint density at radius 3 is 2.27 bits per heavy atom. The molecule has 0 aliphatic carbocycles. The number of carbonyl (C=O) groups is 2. The van der Waals surface area contributed by atoms with Gasteiger partial charge in [-0.05, 0) is 36.8 Å². The number of ether oxygens (including phenoxy) is 2. The lowest BCUT2D eigenvalue weighted by molar-refractivity contribution is -0.137. The van der Waals surface area contributed by atoms with Crippen LogP contribution in [0.15, 0.2) is 48.5 Å². The molecule has 1 atom stereocenters. The second-order valence-corrected chi connectivity index (χ2v) is 5.87. The van der Waals surface area contributed by atoms with Gasteiger partial charge < -0.3 is 19.9 Å². The highest BCUT2D eigenvalue weighted by atomic mass is 35.5. The van der Waals surface area contributed by atoms with E-state index in [1.54, 1.807) is 48.5 Å². The van der Waals surface area contributed by atoms with Gasteiger partial charge in [-0.15, -0.1) is 0 Å². The second-order valence-electron chi connectivity index (χ2n) is 5.44. The van der Waals surface area contributed by atoms with Crippen LogP contribution in [-0.4, -0.2) is 30.2 Å². The number of amides is 1. The first-order chi connectivity index (χ1) is 12.5. The monoisotopic (exact) mass is 377 g/mol. The summed E-state index contributed by atoms with van der Waals surface area (Å²) in [6.45, 7) is 2.07. The van der Waals surface area contributed by atoms with Crippen molar-refractivity contribution in [3.05, 3.63) is 59.1 Å². The smallest absolute Gasteiger partial charge is 0.305 e. The molecule has 0 heterocycles. The van der Waals surface area contributed by atoms with Crippen LogP contribution >= 0.6 is 11.6 Å². The van der Waals surface area contributed by atoms with E-state index in [4.69, 9.17) is 26.2 Å². The summed E-state index contributed by atoms with van der Waals surface area (Å²) in [7, 11) is 0. The maximum atomic E-state index is 12.2. The van der Waals surface area contributed by atoms with Crippen molar-refractivity contribution in [3.63, 3.8) is 0 Å². The quantitative estimate of drug-likeness (QED) is 0.699. The van der Waals surface area contributed by atoms with Gasteiger partial charge in [-0.25, -0.2) is 0 Å². The Morgan fingerprint density at radius 2 is 1.69 bits per heavy atom. The summed E-state index contributed by atoms with van der Waals surface area (Å²) < 4.78 is 10.9. The van der Waals surface area contributed by atoms with E-state index in [0.29, 0.717) is 28.7 Å². The van der Waals surface area contributed by atoms with E-state index in [1.807, 2.05) is 6.92 Å². The van der Waals surface area contributed by atoms with Gasteiger partial charge in [0.1, 0.15) is 0 Å². The molecule has 0 unspecified atom stereocenters. The third kappa shape index (κ3) is 5.97. The molecule has 0 aromatic heterocycles. The van der Waals surface area contributed by atoms with Crippen molar-refractivity contribution < 1.29 is 24.2 Å². The first kappa shape index (κ1) is 19.6. The van der Waals surface area contributed by atoms with Gasteiger partial charge in [0.2, 0.25) is 0 Å². The summed E-state index contributed by atoms with van der Waals surface area (Å²) in [4.78, 5) is 23.3. The highest BCUT2D eigenvalue weighted by Gasteiger charge is 2.18. The molecule has 138 valence electrons. The van der Waals surface area contributed by atoms with Crippen LogP contribution in [0.25, 0.3) is 0 Å². The molecule has 26 heavy (non-hydrogen) atoms. The Balaban J connectivity index is 2.01. The van der Waals surface area contributed by atoms with E-state index in [1.165, 1.54) is 0 Å². The Kier molecular flexibility index (Phi) is 7.29. The molecule has 0 bridgehead atoms. The molecule has 2 aromatic rings. The largest absolute Gasteiger partial charge is 0.490 e. The molecule has 0 fully saturated rings. The second kappa shape index (κ2) is 9.68. The average Bonchev–Trinajstić information content (AvgIpc) is 2.61. The minimum absolute atomic E-state index is 0.247. The van der Waals surface area contributed by atoms with Crippen molar-refractivity contribution in [2.45, 2.75) is 19.4 Å². The van der Waals surface area contributed by atoms with E-state index in [0.717, 1.165) is 0 Å². The van der Waals surface area contributed by atoms with Crippen molar-refractivity contribution in [2.75, 3.05) is 13.2 Å². The number of aliphatic carboxylic acids is 1. The molecule has 2 rings (SSSR count). The standard InChI is InChI=1S/C19H20ClNO5/c1-2-25-16-5-3-4-6-17(16)26-12-18(22)21-15(11-19(23)24)13-7-9-14(20)10-8-13/h3-10,15H,2,11-12H2,1H3,(H,21,22)(H,23,24)/t15-/m0/s1. The third-order valence-corrected chi connectivity index (χ3v) is 3.75. The van der Waals surface area contributed by atoms with Gasteiger partial charge in [-0.2, -0.15) is 0 Å². The number of para-hydroxylation sites is 2. The van der Waals surface area contributed by atoms with Crippen molar-refractivity contribution >= 4 is 23.5 Å². The van der Waals surface area contributed by atoms with Crippen LogP contribution in [-0.2, 0) is 9.59 Å². The van der Waals surface area contributed by atoms with Crippen LogP contribution in [0.3, 0.4) is 0 Å². The molecule has 7 heteroatoms. The lowest BCUT2D eigenvalue weighted by atomic mass is 10.0. The summed E-state index contributed by atoms with van der Waals surface area (Å²) in [5.74, 6) is -0.460. The Morgan fingerprint density at radius 1 is 1.08 bits per heavy atom. The summed E-state index contributed by atoms with van der Waals surface area (Å²) in [6, 6.07) is 13.0. The van der Waals surface area contributed by atoms with Crippen LogP contribution in [0, 0.1) is 0 Å². The first-order valence-corrected chi connectivity index (χ1v) is 8.48. The first-order valence-electron chi connectivity index (χ1n) is 8.10. The van der Waals surface area contributed by atoms with Gasteiger partial charge >= 0.3 is 5.97 Å². The van der Waals surface area contributed by atoms with E-state index in [2.05, 4.69) is 5.32 Å². The van der Waals surface area contributed by atoms with Crippen LogP contribution in [0.1, 0.15) is 24.9 Å². The highest BCUT2D eigenvalue weighted by Crippen LogP contribution is 2.26. The molecular formula is C19H20ClNO5. The number of nitrogens with one attached hydrogen (secondary N) is 1. The average molecular weight is 378 g/mol. The minimum Gasteiger partial charge on any atom is -0.490 e. The van der Waals surface area contributed by atoms with Crippen LogP contribution in [0.5, 0.6) is 11.5 Å². The number of carboxylic acids is 1. The molecule has 2 N–H and O–H groups in total. The molecule has 0 saturated heterocycles. The molecule has 0 spiro atoms. The fourth-order valence-corrected chi connectivity index (χ4v) is 2.47. The van der Waals surface area contributed by atoms with E-state index in [-0.39, 0.29) is 13.0 Å². The zero-order valence-corrected chi connectivity index (χ0v) is 15.0. The number of carboxylic acid groups (broad SMARTS) is 1. The molecule has 2 aromatic carbocycles. The maximum absolute atomic E-state index is 12.2. The van der Waals surface area contributed by atoms with Gasteiger partial charge in [0.25, 0.3) is 5.91 Å². The van der Waals surface area contributed by atoms with Gasteiger partial charge in [-0.1, -0.05) is 35.9 Å². The highest BCUT2D eigenvalue weighted by molar-refractivity contribution is 6.30. The maximum Gasteiger partial charge on any atom is 0.305 e. The number of hydrogen-bond donors (Lipinski definition) is 2. The zero-order chi connectivity index (χ0) is 18.9. The Hall–Kier alpha value is -2.73. The van der Waals surface area contributed by atoms with Crippen LogP contribution in [0.4, 0.5) is 0 Å². The van der Waals surface area contributed by atoms with E-state index < -0.39 is 17.9 Å². The molecule has 0 saturated carbocycles. The zero-order valence-electron chi connectivity index (χ0n) is 14.3. The van der Waals surface area contributed by atoms with Gasteiger partial charge in [-0.3, -0.25) is 9.59 Å². The topological polar surface area (TPSA) is 84.9 Å². The molecule has 0 radical (unpaired) electrons. The molecule has 0 aliphatic rings. The van der Waals surface area contributed by atoms with Gasteiger partial charge in [0, 0.05) is 5.02 Å². The summed E-state index contributed by atoms with van der Waals surface area (Å²) in [5, 5.41) is 12.3. The van der Waals surface area contributed by atoms with Crippen LogP contribution < -0.4 is 14.8 Å². The normalized spacial score (nSPS) is 11.5. The van der Waals surface area contributed by atoms with Crippen molar-refractivity contribution in [1.29, 1.82) is 0 Å². The lowest BCUT2D eigenvalue weighted by Gasteiger charge is -2.18. The van der Waals surface area contributed by atoms with Gasteiger partial charge in [0.15, 0.2) is 18.1 Å². The van der Waals surface area contributed by atoms with E-state index in [9.17, 15) is 9.59 Å². The van der Waals surface area contributed by atoms with Crippen LogP contribution in [0.2, 0.25) is 5.02 Å². The predicted octanol–water partition coefficient (Wildman–Crippen LogP) is 3.45. The lowest BCUT2D eigenvalue weighted by Crippen LogP contribution is -2.33. The number of benzene rings is 2.